The molecule has 0 unspecified atom stereocenters. The summed E-state index contributed by atoms with van der Waals surface area (Å²) in [6.45, 7) is 2.97. The lowest BCUT2D eigenvalue weighted by molar-refractivity contribution is -0.116. The lowest BCUT2D eigenvalue weighted by atomic mass is 10.2. The number of benzene rings is 1. The summed E-state index contributed by atoms with van der Waals surface area (Å²) in [5.41, 5.74) is 0.281. The second-order valence-electron chi connectivity index (χ2n) is 6.18. The third-order valence-corrected chi connectivity index (χ3v) is 4.62. The van der Waals surface area contributed by atoms with Gasteiger partial charge in [-0.05, 0) is 43.7 Å². The van der Waals surface area contributed by atoms with Crippen molar-refractivity contribution in [2.75, 3.05) is 5.32 Å². The molecule has 0 atom stereocenters. The third-order valence-electron chi connectivity index (χ3n) is 4.13. The molecule has 2 aromatic heterocycles. The number of anilines is 1. The van der Waals surface area contributed by atoms with Crippen molar-refractivity contribution in [3.05, 3.63) is 66.7 Å². The second-order valence-corrected chi connectivity index (χ2v) is 7.10. The highest BCUT2D eigenvalue weighted by molar-refractivity contribution is 9.10. The van der Waals surface area contributed by atoms with E-state index < -0.39 is 29.5 Å². The molecule has 0 bridgehead atoms. The van der Waals surface area contributed by atoms with Crippen LogP contribution in [0, 0.1) is 19.7 Å². The van der Waals surface area contributed by atoms with Crippen molar-refractivity contribution in [3.63, 3.8) is 0 Å². The molecule has 0 aliphatic carbocycles. The van der Waals surface area contributed by atoms with Crippen LogP contribution in [0.2, 0.25) is 0 Å². The molecule has 0 saturated heterocycles. The Labute approximate surface area is 161 Å². The average Bonchev–Trinajstić information content (AvgIpc) is 2.58. The molecule has 9 heteroatoms. The van der Waals surface area contributed by atoms with Crippen LogP contribution in [0.3, 0.4) is 0 Å². The summed E-state index contributed by atoms with van der Waals surface area (Å²) in [5, 5.41) is 2.64. The molecule has 2 heterocycles. The molecule has 0 fully saturated rings. The van der Waals surface area contributed by atoms with Gasteiger partial charge in [0.1, 0.15) is 18.0 Å². The van der Waals surface area contributed by atoms with E-state index >= 15 is 0 Å². The zero-order chi connectivity index (χ0) is 19.9. The number of hydrogen-bond acceptors (Lipinski definition) is 4. The van der Waals surface area contributed by atoms with Gasteiger partial charge in [-0.2, -0.15) is 0 Å². The normalized spacial score (nSPS) is 11.0. The highest BCUT2D eigenvalue weighted by Crippen LogP contribution is 2.19. The van der Waals surface area contributed by atoms with Crippen molar-refractivity contribution in [2.45, 2.75) is 20.4 Å². The monoisotopic (exact) mass is 434 g/mol. The van der Waals surface area contributed by atoms with Gasteiger partial charge in [-0.15, -0.1) is 0 Å². The maximum absolute atomic E-state index is 13.9. The molecule has 3 rings (SSSR count). The topological polar surface area (TPSA) is 86.0 Å². The SMILES string of the molecule is Cc1cc(C)c2c(=O)n(CC(=O)Nc3ccc(Br)cc3F)c(=O)n(C)c2n1. The Morgan fingerprint density at radius 3 is 2.63 bits per heavy atom. The van der Waals surface area contributed by atoms with Gasteiger partial charge in [-0.3, -0.25) is 18.7 Å². The third kappa shape index (κ3) is 3.55. The minimum absolute atomic E-state index is 0.0395. The molecule has 1 aromatic carbocycles. The van der Waals surface area contributed by atoms with E-state index in [1.54, 1.807) is 26.0 Å². The van der Waals surface area contributed by atoms with Crippen molar-refractivity contribution >= 4 is 38.6 Å². The maximum Gasteiger partial charge on any atom is 0.332 e. The molecular formula is C18H16BrFN4O3. The van der Waals surface area contributed by atoms with E-state index in [4.69, 9.17) is 0 Å². The number of halogens is 2. The van der Waals surface area contributed by atoms with Crippen molar-refractivity contribution < 1.29 is 9.18 Å². The van der Waals surface area contributed by atoms with Crippen LogP contribution in [0.15, 0.2) is 38.3 Å². The molecule has 7 nitrogen and oxygen atoms in total. The highest BCUT2D eigenvalue weighted by Gasteiger charge is 2.17. The number of aromatic nitrogens is 3. The number of pyridine rings is 1. The Balaban J connectivity index is 2.03. The van der Waals surface area contributed by atoms with Gasteiger partial charge in [0.15, 0.2) is 0 Å². The Hall–Kier alpha value is -2.81. The Kier molecular flexibility index (Phi) is 4.97. The fourth-order valence-corrected chi connectivity index (χ4v) is 3.21. The summed E-state index contributed by atoms with van der Waals surface area (Å²) in [6, 6.07) is 5.89. The molecule has 0 radical (unpaired) electrons. The van der Waals surface area contributed by atoms with E-state index in [1.807, 2.05) is 0 Å². The van der Waals surface area contributed by atoms with E-state index in [2.05, 4.69) is 26.2 Å². The van der Waals surface area contributed by atoms with Crippen LogP contribution in [-0.2, 0) is 18.4 Å². The van der Waals surface area contributed by atoms with Gasteiger partial charge in [0.25, 0.3) is 5.56 Å². The number of nitrogens with one attached hydrogen (secondary N) is 1. The fraction of sp³-hybridized carbons (Fsp3) is 0.222. The first-order valence-electron chi connectivity index (χ1n) is 8.01. The van der Waals surface area contributed by atoms with Crippen LogP contribution in [0.5, 0.6) is 0 Å². The van der Waals surface area contributed by atoms with Gasteiger partial charge >= 0.3 is 5.69 Å². The number of carbonyl (C=O) groups excluding carboxylic acids is 1. The fourth-order valence-electron chi connectivity index (χ4n) is 2.88. The average molecular weight is 435 g/mol. The van der Waals surface area contributed by atoms with Gasteiger partial charge in [0.2, 0.25) is 5.91 Å². The Bertz CT molecular complexity index is 1200. The number of nitrogens with zero attached hydrogens (tertiary/aromatic N) is 3. The van der Waals surface area contributed by atoms with Gasteiger partial charge in [0.05, 0.1) is 11.1 Å². The lowest BCUT2D eigenvalue weighted by Gasteiger charge is -2.12. The summed E-state index contributed by atoms with van der Waals surface area (Å²) in [7, 11) is 1.48. The molecule has 27 heavy (non-hydrogen) atoms. The molecular weight excluding hydrogens is 419 g/mol. The number of aryl methyl sites for hydroxylation is 3. The Morgan fingerprint density at radius 1 is 1.26 bits per heavy atom. The summed E-state index contributed by atoms with van der Waals surface area (Å²) in [5.74, 6) is -1.32. The highest BCUT2D eigenvalue weighted by atomic mass is 79.9. The second kappa shape index (κ2) is 7.07. The number of rotatable bonds is 3. The first-order chi connectivity index (χ1) is 12.7. The Morgan fingerprint density at radius 2 is 1.96 bits per heavy atom. The van der Waals surface area contributed by atoms with Crippen LogP contribution >= 0.6 is 15.9 Å². The van der Waals surface area contributed by atoms with Crippen LogP contribution < -0.4 is 16.6 Å². The lowest BCUT2D eigenvalue weighted by Crippen LogP contribution is -2.42. The molecule has 1 N–H and O–H groups in total. The molecule has 140 valence electrons. The van der Waals surface area contributed by atoms with Crippen molar-refractivity contribution in [1.29, 1.82) is 0 Å². The first kappa shape index (κ1) is 19.0. The standard InChI is InChI=1S/C18H16BrFN4O3/c1-9-6-10(2)21-16-15(9)17(26)24(18(27)23(16)3)8-14(25)22-13-5-4-11(19)7-12(13)20/h4-7H,8H2,1-3H3,(H,22,25). The largest absolute Gasteiger partial charge is 0.332 e. The van der Waals surface area contributed by atoms with Gasteiger partial charge < -0.3 is 5.32 Å². The first-order valence-corrected chi connectivity index (χ1v) is 8.81. The minimum Gasteiger partial charge on any atom is -0.322 e. The zero-order valence-corrected chi connectivity index (χ0v) is 16.4. The van der Waals surface area contributed by atoms with Gasteiger partial charge in [-0.25, -0.2) is 14.2 Å². The van der Waals surface area contributed by atoms with E-state index in [-0.39, 0.29) is 16.7 Å². The molecule has 0 aliphatic heterocycles. The van der Waals surface area contributed by atoms with Crippen molar-refractivity contribution in [1.82, 2.24) is 14.1 Å². The number of fused-ring (bicyclic) bond motifs is 1. The summed E-state index contributed by atoms with van der Waals surface area (Å²) < 4.78 is 16.5. The molecule has 0 aliphatic rings. The van der Waals surface area contributed by atoms with Gasteiger partial charge in [0, 0.05) is 17.2 Å². The van der Waals surface area contributed by atoms with E-state index in [0.29, 0.717) is 15.7 Å². The van der Waals surface area contributed by atoms with Crippen LogP contribution in [-0.4, -0.2) is 20.0 Å². The van der Waals surface area contributed by atoms with Crippen LogP contribution in [0.25, 0.3) is 11.0 Å². The van der Waals surface area contributed by atoms with Crippen LogP contribution in [0.4, 0.5) is 10.1 Å². The number of hydrogen-bond donors (Lipinski definition) is 1. The number of carbonyl (C=O) groups is 1. The van der Waals surface area contributed by atoms with Crippen LogP contribution in [0.1, 0.15) is 11.3 Å². The maximum atomic E-state index is 13.9. The molecule has 0 spiro atoms. The van der Waals surface area contributed by atoms with Gasteiger partial charge in [-0.1, -0.05) is 15.9 Å². The zero-order valence-electron chi connectivity index (χ0n) is 14.8. The molecule has 0 saturated carbocycles. The van der Waals surface area contributed by atoms with E-state index in [9.17, 15) is 18.8 Å². The quantitative estimate of drug-likeness (QED) is 0.684. The predicted octanol–water partition coefficient (Wildman–Crippen LogP) is 2.25. The smallest absolute Gasteiger partial charge is 0.322 e. The van der Waals surface area contributed by atoms with E-state index in [0.717, 1.165) is 4.57 Å². The molecule has 3 aromatic rings. The molecule has 1 amide bonds. The van der Waals surface area contributed by atoms with Crippen molar-refractivity contribution in [3.8, 4) is 0 Å². The minimum atomic E-state index is -0.688. The predicted molar refractivity (Wildman–Crippen MR) is 103 cm³/mol. The number of amides is 1. The summed E-state index contributed by atoms with van der Waals surface area (Å²) >= 11 is 3.13. The van der Waals surface area contributed by atoms with E-state index in [1.165, 1.54) is 23.7 Å². The summed E-state index contributed by atoms with van der Waals surface area (Å²) in [6.07, 6.45) is 0. The van der Waals surface area contributed by atoms with Crippen molar-refractivity contribution in [2.24, 2.45) is 7.05 Å². The summed E-state index contributed by atoms with van der Waals surface area (Å²) in [4.78, 5) is 41.9.